The van der Waals surface area contributed by atoms with Gasteiger partial charge in [-0.25, -0.2) is 0 Å². The molecule has 2 nitrogen and oxygen atoms in total. The quantitative estimate of drug-likeness (QED) is 0.760. The molecule has 3 aromatic rings. The van der Waals surface area contributed by atoms with E-state index in [9.17, 15) is 0 Å². The summed E-state index contributed by atoms with van der Waals surface area (Å²) in [5, 5.41) is 1.12. The molecule has 0 aliphatic heterocycles. The Morgan fingerprint density at radius 1 is 1.10 bits per heavy atom. The smallest absolute Gasteiger partial charge is 0.0702 e. The normalized spacial score (nSPS) is 12.6. The minimum Gasteiger partial charge on any atom is -0.320 e. The molecule has 0 aliphatic rings. The highest BCUT2D eigenvalue weighted by molar-refractivity contribution is 9.10. The van der Waals surface area contributed by atoms with Gasteiger partial charge in [0.2, 0.25) is 0 Å². The van der Waals surface area contributed by atoms with Crippen molar-refractivity contribution in [3.8, 4) is 0 Å². The van der Waals surface area contributed by atoms with E-state index in [1.807, 2.05) is 18.2 Å². The first-order chi connectivity index (χ1) is 9.65. The van der Waals surface area contributed by atoms with Gasteiger partial charge in [-0.3, -0.25) is 4.98 Å². The summed E-state index contributed by atoms with van der Waals surface area (Å²) in [4.78, 5) is 4.34. The zero-order valence-electron chi connectivity index (χ0n) is 11.2. The maximum absolute atomic E-state index is 6.43. The number of hydrogen-bond donors (Lipinski definition) is 1. The Labute approximate surface area is 126 Å². The highest BCUT2D eigenvalue weighted by Gasteiger charge is 2.13. The van der Waals surface area contributed by atoms with Gasteiger partial charge in [0.25, 0.3) is 0 Å². The summed E-state index contributed by atoms with van der Waals surface area (Å²) in [7, 11) is 0. The summed E-state index contributed by atoms with van der Waals surface area (Å²) in [5.41, 5.74) is 10.8. The topological polar surface area (TPSA) is 38.9 Å². The largest absolute Gasteiger partial charge is 0.320 e. The monoisotopic (exact) mass is 326 g/mol. The summed E-state index contributed by atoms with van der Waals surface area (Å²) in [6.45, 7) is 2.08. The molecular weight excluding hydrogens is 312 g/mol. The summed E-state index contributed by atoms with van der Waals surface area (Å²) in [5.74, 6) is 0. The molecule has 100 valence electrons. The lowest BCUT2D eigenvalue weighted by Crippen LogP contribution is -2.12. The average molecular weight is 327 g/mol. The van der Waals surface area contributed by atoms with Gasteiger partial charge in [-0.1, -0.05) is 45.8 Å². The van der Waals surface area contributed by atoms with E-state index in [2.05, 4.69) is 58.2 Å². The molecule has 0 spiro atoms. The summed E-state index contributed by atoms with van der Waals surface area (Å²) < 4.78 is 1.04. The van der Waals surface area contributed by atoms with E-state index < -0.39 is 0 Å². The van der Waals surface area contributed by atoms with Crippen molar-refractivity contribution in [2.75, 3.05) is 0 Å². The van der Waals surface area contributed by atoms with Crippen molar-refractivity contribution in [2.24, 2.45) is 5.73 Å². The Bertz CT molecular complexity index is 768. The van der Waals surface area contributed by atoms with Gasteiger partial charge in [0.05, 0.1) is 11.6 Å². The third kappa shape index (κ3) is 2.47. The van der Waals surface area contributed by atoms with Crippen LogP contribution in [0.5, 0.6) is 0 Å². The van der Waals surface area contributed by atoms with Crippen molar-refractivity contribution in [3.63, 3.8) is 0 Å². The van der Waals surface area contributed by atoms with Crippen LogP contribution in [0, 0.1) is 6.92 Å². The lowest BCUT2D eigenvalue weighted by molar-refractivity contribution is 0.866. The Balaban J connectivity index is 2.07. The molecule has 1 atom stereocenters. The predicted octanol–water partition coefficient (Wildman–Crippen LogP) is 4.35. The minimum absolute atomic E-state index is 0.145. The Morgan fingerprint density at radius 2 is 1.95 bits per heavy atom. The molecule has 1 aromatic heterocycles. The molecule has 1 heterocycles. The summed E-state index contributed by atoms with van der Waals surface area (Å²) in [6.07, 6.45) is 1.80. The average Bonchev–Trinajstić information content (AvgIpc) is 2.48. The molecule has 0 aliphatic carbocycles. The van der Waals surface area contributed by atoms with Crippen molar-refractivity contribution in [2.45, 2.75) is 13.0 Å². The first-order valence-corrected chi connectivity index (χ1v) is 7.31. The van der Waals surface area contributed by atoms with Crippen LogP contribution in [0.2, 0.25) is 0 Å². The number of benzene rings is 2. The second-order valence-corrected chi connectivity index (χ2v) is 5.81. The molecule has 0 radical (unpaired) electrons. The van der Waals surface area contributed by atoms with Gasteiger partial charge < -0.3 is 5.73 Å². The van der Waals surface area contributed by atoms with Gasteiger partial charge >= 0.3 is 0 Å². The lowest BCUT2D eigenvalue weighted by atomic mass is 9.97. The van der Waals surface area contributed by atoms with Crippen LogP contribution in [-0.4, -0.2) is 4.98 Å². The Morgan fingerprint density at radius 3 is 2.80 bits per heavy atom. The van der Waals surface area contributed by atoms with E-state index in [-0.39, 0.29) is 6.04 Å². The van der Waals surface area contributed by atoms with Crippen LogP contribution < -0.4 is 5.73 Å². The number of nitrogens with two attached hydrogens (primary N) is 1. The van der Waals surface area contributed by atoms with Crippen LogP contribution in [-0.2, 0) is 0 Å². The van der Waals surface area contributed by atoms with Crippen LogP contribution in [0.4, 0.5) is 0 Å². The minimum atomic E-state index is -0.145. The van der Waals surface area contributed by atoms with Gasteiger partial charge in [0.1, 0.15) is 0 Å². The van der Waals surface area contributed by atoms with Gasteiger partial charge in [-0.2, -0.15) is 0 Å². The van der Waals surface area contributed by atoms with E-state index in [0.717, 1.165) is 26.5 Å². The van der Waals surface area contributed by atoms with Gasteiger partial charge in [0.15, 0.2) is 0 Å². The van der Waals surface area contributed by atoms with E-state index in [0.29, 0.717) is 0 Å². The van der Waals surface area contributed by atoms with Crippen molar-refractivity contribution in [1.29, 1.82) is 0 Å². The molecule has 2 aromatic carbocycles. The molecular formula is C17H15BrN2. The van der Waals surface area contributed by atoms with Crippen LogP contribution in [0.1, 0.15) is 22.7 Å². The van der Waals surface area contributed by atoms with E-state index in [4.69, 9.17) is 5.73 Å². The van der Waals surface area contributed by atoms with Gasteiger partial charge in [-0.15, -0.1) is 0 Å². The standard InChI is InChI=1S/C17H15BrN2/c1-11-4-6-15(18)14(9-11)17(19)13-5-7-16-12(10-13)3-2-8-20-16/h2-10,17H,19H2,1H3. The molecule has 0 saturated heterocycles. The van der Waals surface area contributed by atoms with Gasteiger partial charge in [0, 0.05) is 16.1 Å². The first kappa shape index (κ1) is 13.3. The third-order valence-corrected chi connectivity index (χ3v) is 4.19. The van der Waals surface area contributed by atoms with E-state index >= 15 is 0 Å². The fourth-order valence-electron chi connectivity index (χ4n) is 2.37. The molecule has 0 saturated carbocycles. The molecule has 3 rings (SSSR count). The van der Waals surface area contributed by atoms with E-state index in [1.165, 1.54) is 5.56 Å². The number of rotatable bonds is 2. The number of pyridine rings is 1. The number of hydrogen-bond acceptors (Lipinski definition) is 2. The molecule has 1 unspecified atom stereocenters. The maximum atomic E-state index is 6.43. The van der Waals surface area contributed by atoms with Crippen LogP contribution in [0.3, 0.4) is 0 Å². The highest BCUT2D eigenvalue weighted by atomic mass is 79.9. The Hall–Kier alpha value is -1.71. The first-order valence-electron chi connectivity index (χ1n) is 6.51. The maximum Gasteiger partial charge on any atom is 0.0702 e. The number of aryl methyl sites for hydroxylation is 1. The second-order valence-electron chi connectivity index (χ2n) is 4.96. The third-order valence-electron chi connectivity index (χ3n) is 3.47. The number of fused-ring (bicyclic) bond motifs is 1. The molecule has 0 bridgehead atoms. The summed E-state index contributed by atoms with van der Waals surface area (Å²) in [6, 6.07) is 16.3. The van der Waals surface area contributed by atoms with Crippen molar-refractivity contribution in [3.05, 3.63) is 75.9 Å². The fourth-order valence-corrected chi connectivity index (χ4v) is 2.86. The zero-order chi connectivity index (χ0) is 14.1. The molecule has 0 fully saturated rings. The number of aromatic nitrogens is 1. The SMILES string of the molecule is Cc1ccc(Br)c(C(N)c2ccc3ncccc3c2)c1. The lowest BCUT2D eigenvalue weighted by Gasteiger charge is -2.15. The zero-order valence-corrected chi connectivity index (χ0v) is 12.8. The Kier molecular flexibility index (Phi) is 3.55. The summed E-state index contributed by atoms with van der Waals surface area (Å²) >= 11 is 3.59. The molecule has 3 heteroatoms. The number of nitrogens with zero attached hydrogens (tertiary/aromatic N) is 1. The second kappa shape index (κ2) is 5.35. The molecule has 20 heavy (non-hydrogen) atoms. The predicted molar refractivity (Wildman–Crippen MR) is 86.7 cm³/mol. The van der Waals surface area contributed by atoms with Crippen LogP contribution in [0.25, 0.3) is 10.9 Å². The van der Waals surface area contributed by atoms with Crippen molar-refractivity contribution in [1.82, 2.24) is 4.98 Å². The van der Waals surface area contributed by atoms with Crippen LogP contribution in [0.15, 0.2) is 59.2 Å². The molecule has 0 amide bonds. The molecule has 2 N–H and O–H groups in total. The van der Waals surface area contributed by atoms with Crippen molar-refractivity contribution < 1.29 is 0 Å². The number of halogens is 1. The van der Waals surface area contributed by atoms with Crippen LogP contribution >= 0.6 is 15.9 Å². The fraction of sp³-hybridized carbons (Fsp3) is 0.118. The van der Waals surface area contributed by atoms with E-state index in [1.54, 1.807) is 6.20 Å². The van der Waals surface area contributed by atoms with Gasteiger partial charge in [-0.05, 0) is 42.3 Å². The highest BCUT2D eigenvalue weighted by Crippen LogP contribution is 2.29. The van der Waals surface area contributed by atoms with Crippen molar-refractivity contribution >= 4 is 26.8 Å².